The topological polar surface area (TPSA) is 77.7 Å². The smallest absolute Gasteiger partial charge is 0.250 e. The van der Waals surface area contributed by atoms with Crippen molar-refractivity contribution in [2.75, 3.05) is 20.0 Å². The Morgan fingerprint density at radius 2 is 1.93 bits per heavy atom. The molecule has 0 saturated carbocycles. The van der Waals surface area contributed by atoms with Crippen molar-refractivity contribution < 1.29 is 14.3 Å². The number of methoxy groups -OCH3 is 2. The van der Waals surface area contributed by atoms with Gasteiger partial charge in [-0.05, 0) is 44.2 Å². The van der Waals surface area contributed by atoms with Crippen LogP contribution in [-0.4, -0.2) is 41.1 Å². The second kappa shape index (κ2) is 9.47. The molecule has 0 spiro atoms. The van der Waals surface area contributed by atoms with E-state index in [9.17, 15) is 4.79 Å². The van der Waals surface area contributed by atoms with Gasteiger partial charge in [-0.3, -0.25) is 4.79 Å². The number of para-hydroxylation sites is 2. The molecular weight excluding hydrogens is 388 g/mol. The number of amides is 1. The summed E-state index contributed by atoms with van der Waals surface area (Å²) in [5.41, 5.74) is 6.12. The fraction of sp³-hybridized carbons (Fsp3) is 0.286. The Balaban J connectivity index is 1.64. The Labute approximate surface area is 174 Å². The van der Waals surface area contributed by atoms with Crippen molar-refractivity contribution in [2.45, 2.75) is 25.5 Å². The number of hydrogen-bond donors (Lipinski definition) is 1. The van der Waals surface area contributed by atoms with Crippen LogP contribution in [0.4, 0.5) is 0 Å². The number of carbonyl (C=O) groups is 1. The van der Waals surface area contributed by atoms with E-state index in [1.807, 2.05) is 43.3 Å². The Kier molecular flexibility index (Phi) is 6.77. The summed E-state index contributed by atoms with van der Waals surface area (Å²) in [5.74, 6) is 1.29. The number of fused-ring (bicyclic) bond motifs is 1. The highest BCUT2D eigenvalue weighted by Gasteiger charge is 2.12. The number of nitrogens with zero attached hydrogens (tertiary/aromatic N) is 3. The summed E-state index contributed by atoms with van der Waals surface area (Å²) < 4.78 is 12.6. The number of benzene rings is 2. The van der Waals surface area contributed by atoms with Gasteiger partial charge in [0.15, 0.2) is 16.7 Å². The maximum absolute atomic E-state index is 12.3. The molecule has 3 aromatic rings. The van der Waals surface area contributed by atoms with E-state index in [0.717, 1.165) is 28.3 Å². The quantitative estimate of drug-likeness (QED) is 0.347. The van der Waals surface area contributed by atoms with Gasteiger partial charge < -0.3 is 14.0 Å². The average Bonchev–Trinajstić information content (AvgIpc) is 3.12. The predicted molar refractivity (Wildman–Crippen MR) is 116 cm³/mol. The van der Waals surface area contributed by atoms with Crippen LogP contribution in [0.3, 0.4) is 0 Å². The molecule has 1 N–H and O–H groups in total. The third kappa shape index (κ3) is 4.71. The van der Waals surface area contributed by atoms with Gasteiger partial charge in [0, 0.05) is 12.1 Å². The molecule has 1 amide bonds. The van der Waals surface area contributed by atoms with Crippen LogP contribution in [0.1, 0.15) is 19.4 Å². The third-order valence-corrected chi connectivity index (χ3v) is 5.39. The molecular formula is C21H24N4O3S. The van der Waals surface area contributed by atoms with E-state index < -0.39 is 0 Å². The zero-order valence-corrected chi connectivity index (χ0v) is 17.7. The molecule has 2 aromatic carbocycles. The fourth-order valence-corrected chi connectivity index (χ4v) is 3.77. The van der Waals surface area contributed by atoms with Crippen LogP contribution in [0, 0.1) is 0 Å². The summed E-state index contributed by atoms with van der Waals surface area (Å²) in [6.07, 6.45) is 0. The molecule has 8 heteroatoms. The van der Waals surface area contributed by atoms with Crippen molar-refractivity contribution in [1.29, 1.82) is 0 Å². The van der Waals surface area contributed by atoms with Crippen molar-refractivity contribution in [3.63, 3.8) is 0 Å². The number of thioether (sulfide) groups is 1. The molecule has 0 radical (unpaired) electrons. The lowest BCUT2D eigenvalue weighted by atomic mass is 10.1. The zero-order valence-electron chi connectivity index (χ0n) is 16.9. The lowest BCUT2D eigenvalue weighted by Crippen LogP contribution is -2.21. The maximum Gasteiger partial charge on any atom is 0.250 e. The largest absolute Gasteiger partial charge is 0.493 e. The van der Waals surface area contributed by atoms with Gasteiger partial charge in [-0.25, -0.2) is 10.4 Å². The number of carbonyl (C=O) groups excluding carboxylic acids is 1. The van der Waals surface area contributed by atoms with Crippen molar-refractivity contribution >= 4 is 34.4 Å². The molecule has 1 aromatic heterocycles. The van der Waals surface area contributed by atoms with Crippen LogP contribution in [-0.2, 0) is 11.3 Å². The molecule has 0 unspecified atom stereocenters. The Morgan fingerprint density at radius 1 is 1.17 bits per heavy atom. The number of ether oxygens (including phenoxy) is 2. The van der Waals surface area contributed by atoms with Crippen molar-refractivity contribution in [2.24, 2.45) is 5.10 Å². The van der Waals surface area contributed by atoms with Crippen LogP contribution in [0.15, 0.2) is 52.7 Å². The summed E-state index contributed by atoms with van der Waals surface area (Å²) in [4.78, 5) is 16.9. The molecule has 0 atom stereocenters. The van der Waals surface area contributed by atoms with E-state index >= 15 is 0 Å². The molecule has 0 bridgehead atoms. The highest BCUT2D eigenvalue weighted by molar-refractivity contribution is 7.99. The summed E-state index contributed by atoms with van der Waals surface area (Å²) in [6.45, 7) is 4.68. The average molecular weight is 413 g/mol. The lowest BCUT2D eigenvalue weighted by Gasteiger charge is -2.09. The summed E-state index contributed by atoms with van der Waals surface area (Å²) in [6, 6.07) is 13.5. The monoisotopic (exact) mass is 412 g/mol. The van der Waals surface area contributed by atoms with E-state index in [1.54, 1.807) is 20.3 Å². The van der Waals surface area contributed by atoms with Gasteiger partial charge in [0.05, 0.1) is 36.7 Å². The SMILES string of the molecule is CCn1c(SCC(=O)NN=C(C)c2ccc(OC)c(OC)c2)nc2ccccc21. The molecule has 1 heterocycles. The second-order valence-electron chi connectivity index (χ2n) is 6.22. The molecule has 0 aliphatic carbocycles. The minimum absolute atomic E-state index is 0.190. The number of hydrazone groups is 1. The second-order valence-corrected chi connectivity index (χ2v) is 7.16. The Hall–Kier alpha value is -3.00. The van der Waals surface area contributed by atoms with Crippen LogP contribution >= 0.6 is 11.8 Å². The van der Waals surface area contributed by atoms with Gasteiger partial charge >= 0.3 is 0 Å². The lowest BCUT2D eigenvalue weighted by molar-refractivity contribution is -0.118. The number of aromatic nitrogens is 2. The van der Waals surface area contributed by atoms with E-state index in [4.69, 9.17) is 9.47 Å². The van der Waals surface area contributed by atoms with Crippen molar-refractivity contribution in [3.8, 4) is 11.5 Å². The standard InChI is InChI=1S/C21H24N4O3S/c1-5-25-17-9-7-6-8-16(17)22-21(25)29-13-20(26)24-23-14(2)15-10-11-18(27-3)19(12-15)28-4/h6-12H,5,13H2,1-4H3,(H,24,26). The molecule has 152 valence electrons. The number of nitrogens with one attached hydrogen (secondary N) is 1. The first kappa shape index (κ1) is 20.7. The highest BCUT2D eigenvalue weighted by Crippen LogP contribution is 2.28. The van der Waals surface area contributed by atoms with Crippen LogP contribution in [0.25, 0.3) is 11.0 Å². The minimum Gasteiger partial charge on any atom is -0.493 e. The normalized spacial score (nSPS) is 11.5. The minimum atomic E-state index is -0.190. The number of hydrogen-bond acceptors (Lipinski definition) is 6. The summed E-state index contributed by atoms with van der Waals surface area (Å²) in [5, 5.41) is 5.03. The van der Waals surface area contributed by atoms with Gasteiger partial charge in [-0.2, -0.15) is 5.10 Å². The predicted octanol–water partition coefficient (Wildman–Crippen LogP) is 3.71. The first-order valence-corrected chi connectivity index (χ1v) is 10.2. The van der Waals surface area contributed by atoms with Crippen LogP contribution in [0.2, 0.25) is 0 Å². The van der Waals surface area contributed by atoms with E-state index in [0.29, 0.717) is 17.2 Å². The molecule has 0 saturated heterocycles. The van der Waals surface area contributed by atoms with Crippen molar-refractivity contribution in [3.05, 3.63) is 48.0 Å². The maximum atomic E-state index is 12.3. The van der Waals surface area contributed by atoms with E-state index in [-0.39, 0.29) is 11.7 Å². The van der Waals surface area contributed by atoms with Gasteiger partial charge in [0.25, 0.3) is 5.91 Å². The van der Waals surface area contributed by atoms with Gasteiger partial charge in [-0.1, -0.05) is 23.9 Å². The van der Waals surface area contributed by atoms with Crippen molar-refractivity contribution in [1.82, 2.24) is 15.0 Å². The van der Waals surface area contributed by atoms with E-state index in [2.05, 4.69) is 27.0 Å². The molecule has 7 nitrogen and oxygen atoms in total. The highest BCUT2D eigenvalue weighted by atomic mass is 32.2. The number of aryl methyl sites for hydroxylation is 1. The summed E-state index contributed by atoms with van der Waals surface area (Å²) >= 11 is 1.40. The first-order chi connectivity index (χ1) is 14.1. The third-order valence-electron chi connectivity index (χ3n) is 4.42. The van der Waals surface area contributed by atoms with Gasteiger partial charge in [0.2, 0.25) is 0 Å². The molecule has 3 rings (SSSR count). The van der Waals surface area contributed by atoms with Crippen LogP contribution in [0.5, 0.6) is 11.5 Å². The van der Waals surface area contributed by atoms with Gasteiger partial charge in [0.1, 0.15) is 0 Å². The van der Waals surface area contributed by atoms with E-state index in [1.165, 1.54) is 11.8 Å². The number of imidazole rings is 1. The zero-order chi connectivity index (χ0) is 20.8. The Bertz CT molecular complexity index is 1050. The summed E-state index contributed by atoms with van der Waals surface area (Å²) in [7, 11) is 3.17. The fourth-order valence-electron chi connectivity index (χ4n) is 2.90. The first-order valence-electron chi connectivity index (χ1n) is 9.21. The Morgan fingerprint density at radius 3 is 2.66 bits per heavy atom. The molecule has 0 aliphatic rings. The molecule has 0 fully saturated rings. The number of rotatable bonds is 8. The van der Waals surface area contributed by atoms with Crippen LogP contribution < -0.4 is 14.9 Å². The van der Waals surface area contributed by atoms with Gasteiger partial charge in [-0.15, -0.1) is 0 Å². The molecule has 0 aliphatic heterocycles. The molecule has 29 heavy (non-hydrogen) atoms.